The average molecular weight is 1310 g/mol. The number of para-hydroxylation sites is 1. The molecule has 87 heavy (non-hydrogen) atoms. The van der Waals surface area contributed by atoms with Crippen LogP contribution < -0.4 is 0 Å². The van der Waals surface area contributed by atoms with Crippen LogP contribution in [0.1, 0.15) is 72.9 Å². The van der Waals surface area contributed by atoms with Gasteiger partial charge in [0, 0.05) is 58.2 Å². The van der Waals surface area contributed by atoms with Crippen LogP contribution in [0.2, 0.25) is 0 Å². The Morgan fingerprint density at radius 2 is 1.17 bits per heavy atom. The second-order valence-corrected chi connectivity index (χ2v) is 22.9. The molecule has 0 aliphatic carbocycles. The summed E-state index contributed by atoms with van der Waals surface area (Å²) < 4.78 is 17.2. The number of fused-ring (bicyclic) bond motifs is 8. The molecule has 10 aromatic carbocycles. The summed E-state index contributed by atoms with van der Waals surface area (Å²) in [7, 11) is 0. The van der Waals surface area contributed by atoms with Gasteiger partial charge in [0.1, 0.15) is 16.7 Å². The van der Waals surface area contributed by atoms with Gasteiger partial charge in [-0.05, 0) is 140 Å². The second-order valence-electron chi connectivity index (χ2n) is 22.9. The van der Waals surface area contributed by atoms with E-state index in [2.05, 4.69) is 231 Å². The molecule has 0 bridgehead atoms. The summed E-state index contributed by atoms with van der Waals surface area (Å²) in [5.74, 6) is 1.32. The average Bonchev–Trinajstić information content (AvgIpc) is 1.86. The van der Waals surface area contributed by atoms with Crippen LogP contribution in [0.4, 0.5) is 0 Å². The molecule has 15 rings (SSSR count). The van der Waals surface area contributed by atoms with Gasteiger partial charge in [0.2, 0.25) is 0 Å². The van der Waals surface area contributed by atoms with Gasteiger partial charge in [-0.2, -0.15) is 28.9 Å². The van der Waals surface area contributed by atoms with E-state index in [9.17, 15) is 0 Å². The summed E-state index contributed by atoms with van der Waals surface area (Å²) >= 11 is 0. The summed E-state index contributed by atoms with van der Waals surface area (Å²) in [5.41, 5.74) is 21.0. The van der Waals surface area contributed by atoms with Crippen LogP contribution in [0.3, 0.4) is 0 Å². The number of benzene rings is 10. The van der Waals surface area contributed by atoms with Crippen molar-refractivity contribution in [2.75, 3.05) is 0 Å². The molecule has 0 fully saturated rings. The van der Waals surface area contributed by atoms with Gasteiger partial charge in [0.05, 0.1) is 11.4 Å². The van der Waals surface area contributed by atoms with E-state index in [1.54, 1.807) is 6.20 Å². The van der Waals surface area contributed by atoms with E-state index in [1.165, 1.54) is 50.1 Å². The molecular weight excluding hydrogens is 1240 g/mol. The molecule has 0 radical (unpaired) electrons. The molecule has 0 spiro atoms. The van der Waals surface area contributed by atoms with Crippen LogP contribution in [-0.2, 0) is 45.8 Å². The number of hydrogen-bond donors (Lipinski definition) is 0. The summed E-state index contributed by atoms with van der Waals surface area (Å²) in [5, 5.41) is 10.9. The van der Waals surface area contributed by atoms with E-state index in [4.69, 9.17) is 13.8 Å². The maximum absolute atomic E-state index is 6.85. The van der Waals surface area contributed by atoms with Gasteiger partial charge >= 0.3 is 20.1 Å². The Bertz CT molecular complexity index is 4840. The largest absolute Gasteiger partial charge is 3.00 e. The molecule has 5 heterocycles. The summed E-state index contributed by atoms with van der Waals surface area (Å²) in [6, 6.07) is 84.7. The minimum Gasteiger partial charge on any atom is -0.500 e. The van der Waals surface area contributed by atoms with Crippen LogP contribution >= 0.6 is 0 Å². The second kappa shape index (κ2) is 24.7. The minimum atomic E-state index is 0. The number of imidazole rings is 1. The zero-order valence-electron chi connectivity index (χ0n) is 49.0. The molecule has 0 saturated carbocycles. The molecule has 0 aliphatic heterocycles. The molecule has 0 amide bonds. The third-order valence-corrected chi connectivity index (χ3v) is 16.6. The van der Waals surface area contributed by atoms with Crippen LogP contribution in [0.5, 0.6) is 0 Å². The van der Waals surface area contributed by atoms with E-state index < -0.39 is 0 Å². The van der Waals surface area contributed by atoms with Crippen molar-refractivity contribution < 1.29 is 28.9 Å². The van der Waals surface area contributed by atoms with Crippen molar-refractivity contribution in [1.82, 2.24) is 24.3 Å². The molecule has 0 saturated heterocycles. The van der Waals surface area contributed by atoms with Crippen molar-refractivity contribution in [3.63, 3.8) is 0 Å². The fourth-order valence-electron chi connectivity index (χ4n) is 12.0. The maximum atomic E-state index is 6.85. The zero-order chi connectivity index (χ0) is 58.1. The van der Waals surface area contributed by atoms with Gasteiger partial charge in [0.25, 0.3) is 0 Å². The Balaban J connectivity index is 0.000000177. The molecule has 15 aromatic rings. The minimum absolute atomic E-state index is 0. The number of aryl methyl sites for hydroxylation is 4. The van der Waals surface area contributed by atoms with E-state index in [-0.39, 0.29) is 31.9 Å². The van der Waals surface area contributed by atoms with Crippen LogP contribution in [0.15, 0.2) is 252 Å². The van der Waals surface area contributed by atoms with Crippen LogP contribution in [0, 0.1) is 18.2 Å². The van der Waals surface area contributed by atoms with Crippen LogP contribution in [0.25, 0.3) is 111 Å². The van der Waals surface area contributed by atoms with E-state index >= 15 is 0 Å². The molecule has 424 valence electrons. The number of aromatic nitrogens is 5. The number of rotatable bonds is 14. The summed E-state index contributed by atoms with van der Waals surface area (Å²) in [6.07, 6.45) is 13.7. The summed E-state index contributed by atoms with van der Waals surface area (Å²) in [6.45, 7) is 9.08. The number of furan rings is 2. The monoisotopic (exact) mass is 1310 g/mol. The molecule has 7 nitrogen and oxygen atoms in total. The first-order valence-electron chi connectivity index (χ1n) is 29.8. The van der Waals surface area contributed by atoms with Gasteiger partial charge in [-0.3, -0.25) is 9.67 Å². The van der Waals surface area contributed by atoms with Crippen molar-refractivity contribution in [3.8, 4) is 56.3 Å². The fraction of sp³-hybridized carbons (Fsp3) is 0.127. The first-order chi connectivity index (χ1) is 42.3. The predicted molar refractivity (Wildman–Crippen MR) is 351 cm³/mol. The van der Waals surface area contributed by atoms with Crippen molar-refractivity contribution in [1.29, 1.82) is 0 Å². The first-order valence-corrected chi connectivity index (χ1v) is 29.8. The molecule has 0 unspecified atom stereocenters. The predicted octanol–water partition coefficient (Wildman–Crippen LogP) is 20.0. The van der Waals surface area contributed by atoms with Gasteiger partial charge < -0.3 is 18.4 Å². The SMILES string of the molecule is CC(C)c1cc(-c2ccc3c(c2)oc2ccccc23)cc(C(C)C)c1-n1ccnc1-c1[c-]ccc2c1oc1c3ccc(-c4ccccc4)cc3ccc21.[Ir+3].[c-]1ccccc1-c1ccc(CCc2cccc(CCc3c[c-]c(-n4cccn4)cc3)c2)cn1. The Morgan fingerprint density at radius 3 is 1.91 bits per heavy atom. The van der Waals surface area contributed by atoms with E-state index in [1.807, 2.05) is 71.8 Å². The molecule has 8 heteroatoms. The molecule has 0 aliphatic rings. The number of nitrogens with zero attached hydrogens (tertiary/aromatic N) is 5. The van der Waals surface area contributed by atoms with Crippen LogP contribution in [-0.4, -0.2) is 24.3 Å². The molecule has 5 aromatic heterocycles. The molecular formula is C79H62IrN5O2. The molecule has 0 atom stereocenters. The van der Waals surface area contributed by atoms with Crippen molar-refractivity contribution >= 4 is 54.6 Å². The standard InChI is InChI=1S/C49H37N2O2.C30H25N3.Ir/c1-29(2)42-26-35(33-18-21-38-37-13-8-9-16-44(37)52-45(38)28-33)27-43(30(3)4)46(42)51-24-23-50-49(51)41-15-10-14-39-40-22-19-34-25-32(31-11-6-5-7-12-31)17-20-36(34)47(40)53-48(39)41;1-2-8-28(9-3-1)30-19-16-27(23-31-30)13-12-26-7-4-6-25(22-26)11-10-24-14-17-29(18-15-24)33-21-5-20-32-33;/h5-14,16-30H,1-4H3;1-8,14-17,19-23H,10-13H2;/q-1;-2;+3. The molecule has 0 N–H and O–H groups in total. The first kappa shape index (κ1) is 56.4. The maximum Gasteiger partial charge on any atom is 3.00 e. The summed E-state index contributed by atoms with van der Waals surface area (Å²) in [4.78, 5) is 9.61. The number of hydrogen-bond acceptors (Lipinski definition) is 5. The Labute approximate surface area is 521 Å². The Kier molecular flexibility index (Phi) is 16.0. The normalized spacial score (nSPS) is 11.5. The smallest absolute Gasteiger partial charge is 0.500 e. The van der Waals surface area contributed by atoms with Crippen molar-refractivity contribution in [3.05, 3.63) is 295 Å². The van der Waals surface area contributed by atoms with E-state index in [0.29, 0.717) is 0 Å². The third-order valence-electron chi connectivity index (χ3n) is 16.6. The fourth-order valence-corrected chi connectivity index (χ4v) is 12.0. The van der Waals surface area contributed by atoms with Gasteiger partial charge in [-0.15, -0.1) is 60.2 Å². The van der Waals surface area contributed by atoms with Gasteiger partial charge in [-0.25, -0.2) is 0 Å². The van der Waals surface area contributed by atoms with Crippen molar-refractivity contribution in [2.24, 2.45) is 0 Å². The van der Waals surface area contributed by atoms with Crippen molar-refractivity contribution in [2.45, 2.75) is 65.2 Å². The topological polar surface area (TPSA) is 74.8 Å². The van der Waals surface area contributed by atoms with Gasteiger partial charge in [0.15, 0.2) is 0 Å². The van der Waals surface area contributed by atoms with Gasteiger partial charge in [-0.1, -0.05) is 160 Å². The van der Waals surface area contributed by atoms with E-state index in [0.717, 1.165) is 120 Å². The Hall–Kier alpha value is -9.72. The quantitative estimate of drug-likeness (QED) is 0.101. The third kappa shape index (κ3) is 11.5. The Morgan fingerprint density at radius 1 is 0.460 bits per heavy atom. The zero-order valence-corrected chi connectivity index (χ0v) is 51.4. The number of pyridine rings is 1.